The summed E-state index contributed by atoms with van der Waals surface area (Å²) in [5.74, 6) is 1.65. The van der Waals surface area contributed by atoms with Crippen LogP contribution < -0.4 is 20.1 Å². The van der Waals surface area contributed by atoms with Gasteiger partial charge in [0.15, 0.2) is 11.5 Å². The number of para-hydroxylation sites is 2. The normalized spacial score (nSPS) is 26.5. The number of carbonyl (C=O) groups is 1. The molecule has 1 aromatic carbocycles. The fourth-order valence-electron chi connectivity index (χ4n) is 4.26. The summed E-state index contributed by atoms with van der Waals surface area (Å²) < 4.78 is 11.9. The van der Waals surface area contributed by atoms with Gasteiger partial charge in [-0.15, -0.1) is 0 Å². The Kier molecular flexibility index (Phi) is 5.48. The van der Waals surface area contributed by atoms with E-state index >= 15 is 0 Å². The highest BCUT2D eigenvalue weighted by molar-refractivity contribution is 5.74. The van der Waals surface area contributed by atoms with Crippen molar-refractivity contribution in [3.8, 4) is 11.5 Å². The summed E-state index contributed by atoms with van der Waals surface area (Å²) in [4.78, 5) is 14.6. The van der Waals surface area contributed by atoms with Gasteiger partial charge in [-0.1, -0.05) is 25.0 Å². The topological polar surface area (TPSA) is 62.8 Å². The second-order valence-corrected chi connectivity index (χ2v) is 7.70. The minimum absolute atomic E-state index is 0.00470. The first-order chi connectivity index (χ1) is 12.8. The maximum absolute atomic E-state index is 12.2. The van der Waals surface area contributed by atoms with E-state index in [1.807, 2.05) is 24.3 Å². The Hall–Kier alpha value is -1.95. The van der Waals surface area contributed by atoms with Crippen LogP contribution in [0.25, 0.3) is 0 Å². The van der Waals surface area contributed by atoms with Crippen LogP contribution in [0.3, 0.4) is 0 Å². The van der Waals surface area contributed by atoms with Crippen molar-refractivity contribution in [1.29, 1.82) is 0 Å². The predicted molar refractivity (Wildman–Crippen MR) is 99.7 cm³/mol. The minimum atomic E-state index is -0.00470. The summed E-state index contributed by atoms with van der Waals surface area (Å²) in [6.07, 6.45) is 6.87. The van der Waals surface area contributed by atoms with E-state index in [4.69, 9.17) is 9.47 Å². The van der Waals surface area contributed by atoms with E-state index in [2.05, 4.69) is 15.5 Å². The number of nitrogens with one attached hydrogen (secondary N) is 2. The van der Waals surface area contributed by atoms with Crippen LogP contribution >= 0.6 is 0 Å². The first-order valence-electron chi connectivity index (χ1n) is 9.94. The molecule has 2 fully saturated rings. The number of carbonyl (C=O) groups excluding carboxylic acids is 1. The van der Waals surface area contributed by atoms with Crippen molar-refractivity contribution in [2.75, 3.05) is 26.2 Å². The van der Waals surface area contributed by atoms with Crippen LogP contribution in [0, 0.1) is 0 Å². The van der Waals surface area contributed by atoms with E-state index < -0.39 is 0 Å². The summed E-state index contributed by atoms with van der Waals surface area (Å²) in [5, 5.41) is 6.28. The third-order valence-corrected chi connectivity index (χ3v) is 5.56. The lowest BCUT2D eigenvalue weighted by molar-refractivity contribution is 0.0492. The Labute approximate surface area is 155 Å². The van der Waals surface area contributed by atoms with Crippen LogP contribution in [0.5, 0.6) is 11.5 Å². The Morgan fingerprint density at radius 3 is 2.62 bits per heavy atom. The van der Waals surface area contributed by atoms with Crippen molar-refractivity contribution in [3.63, 3.8) is 0 Å². The molecular weight excluding hydrogens is 330 g/mol. The van der Waals surface area contributed by atoms with Crippen molar-refractivity contribution in [2.24, 2.45) is 0 Å². The first-order valence-corrected chi connectivity index (χ1v) is 9.94. The Balaban J connectivity index is 1.24. The van der Waals surface area contributed by atoms with Gasteiger partial charge in [-0.05, 0) is 44.4 Å². The zero-order chi connectivity index (χ0) is 17.8. The largest absolute Gasteiger partial charge is 0.486 e. The summed E-state index contributed by atoms with van der Waals surface area (Å²) >= 11 is 0. The molecule has 142 valence electrons. The number of urea groups is 1. The van der Waals surface area contributed by atoms with Crippen molar-refractivity contribution in [1.82, 2.24) is 15.5 Å². The second-order valence-electron chi connectivity index (χ2n) is 7.70. The van der Waals surface area contributed by atoms with Gasteiger partial charge < -0.3 is 20.1 Å². The fraction of sp³-hybridized carbons (Fsp3) is 0.650. The van der Waals surface area contributed by atoms with Gasteiger partial charge in [0.2, 0.25) is 0 Å². The number of fused-ring (bicyclic) bond motifs is 1. The Morgan fingerprint density at radius 2 is 1.77 bits per heavy atom. The van der Waals surface area contributed by atoms with Crippen molar-refractivity contribution in [2.45, 2.75) is 56.7 Å². The zero-order valence-corrected chi connectivity index (χ0v) is 15.3. The second kappa shape index (κ2) is 8.16. The average Bonchev–Trinajstić information content (AvgIpc) is 3.15. The molecule has 6 heteroatoms. The number of amides is 2. The van der Waals surface area contributed by atoms with Crippen molar-refractivity contribution < 1.29 is 14.3 Å². The van der Waals surface area contributed by atoms with Gasteiger partial charge in [0.1, 0.15) is 12.7 Å². The highest BCUT2D eigenvalue weighted by atomic mass is 16.6. The molecule has 0 radical (unpaired) electrons. The molecule has 0 aromatic heterocycles. The number of likely N-dealkylation sites (tertiary alicyclic amines) is 1. The third kappa shape index (κ3) is 4.41. The van der Waals surface area contributed by atoms with Gasteiger partial charge in [-0.3, -0.25) is 4.90 Å². The van der Waals surface area contributed by atoms with Crippen LogP contribution in [0.2, 0.25) is 0 Å². The van der Waals surface area contributed by atoms with E-state index in [0.29, 0.717) is 12.6 Å². The summed E-state index contributed by atoms with van der Waals surface area (Å²) in [6.45, 7) is 3.33. The number of nitrogens with zero attached hydrogens (tertiary/aromatic N) is 1. The van der Waals surface area contributed by atoms with Gasteiger partial charge in [-0.25, -0.2) is 4.79 Å². The molecule has 26 heavy (non-hydrogen) atoms. The molecule has 4 rings (SSSR count). The average molecular weight is 359 g/mol. The highest BCUT2D eigenvalue weighted by Gasteiger charge is 2.27. The van der Waals surface area contributed by atoms with Crippen LogP contribution in [0.4, 0.5) is 4.79 Å². The Morgan fingerprint density at radius 1 is 1.04 bits per heavy atom. The van der Waals surface area contributed by atoms with Crippen molar-refractivity contribution in [3.05, 3.63) is 24.3 Å². The third-order valence-electron chi connectivity index (χ3n) is 5.56. The molecule has 1 aliphatic carbocycles. The van der Waals surface area contributed by atoms with Gasteiger partial charge in [0.05, 0.1) is 0 Å². The maximum atomic E-state index is 12.2. The van der Waals surface area contributed by atoms with E-state index in [1.165, 1.54) is 12.8 Å². The van der Waals surface area contributed by atoms with E-state index in [9.17, 15) is 4.79 Å². The maximum Gasteiger partial charge on any atom is 0.315 e. The van der Waals surface area contributed by atoms with Crippen LogP contribution in [-0.4, -0.2) is 55.4 Å². The quantitative estimate of drug-likeness (QED) is 0.867. The molecule has 2 atom stereocenters. The molecular formula is C20H29N3O3. The molecule has 2 aliphatic heterocycles. The number of benzene rings is 1. The fourth-order valence-corrected chi connectivity index (χ4v) is 4.26. The lowest BCUT2D eigenvalue weighted by Crippen LogP contribution is -2.53. The molecule has 1 saturated carbocycles. The summed E-state index contributed by atoms with van der Waals surface area (Å²) in [6, 6.07) is 8.39. The van der Waals surface area contributed by atoms with Crippen LogP contribution in [0.1, 0.15) is 38.5 Å². The number of rotatable bonds is 4. The lowest BCUT2D eigenvalue weighted by Gasteiger charge is -2.36. The van der Waals surface area contributed by atoms with E-state index in [1.54, 1.807) is 0 Å². The minimum Gasteiger partial charge on any atom is -0.486 e. The van der Waals surface area contributed by atoms with Gasteiger partial charge in [0.25, 0.3) is 0 Å². The van der Waals surface area contributed by atoms with Crippen LogP contribution in [0.15, 0.2) is 24.3 Å². The Bertz CT molecular complexity index is 618. The summed E-state index contributed by atoms with van der Waals surface area (Å²) in [5.41, 5.74) is 0. The SMILES string of the molecule is O=C(NC1CCCC1)N[C@H]1CCCN(C[C@H]2COc3ccccc3O2)C1. The lowest BCUT2D eigenvalue weighted by atomic mass is 10.1. The van der Waals surface area contributed by atoms with Gasteiger partial charge in [-0.2, -0.15) is 0 Å². The van der Waals surface area contributed by atoms with E-state index in [0.717, 1.165) is 56.8 Å². The molecule has 2 N–H and O–H groups in total. The standard InChI is InChI=1S/C20H29N3O3/c24-20(21-15-6-1-2-7-15)22-16-8-5-11-23(12-16)13-17-14-25-18-9-3-4-10-19(18)26-17/h3-4,9-10,15-17H,1-2,5-8,11-14H2,(H2,21,22,24)/t16-,17-/m0/s1. The molecule has 0 spiro atoms. The number of piperidine rings is 1. The van der Waals surface area contributed by atoms with Gasteiger partial charge in [0, 0.05) is 25.2 Å². The number of ether oxygens (including phenoxy) is 2. The van der Waals surface area contributed by atoms with Crippen LogP contribution in [-0.2, 0) is 0 Å². The first kappa shape index (κ1) is 17.5. The molecule has 1 aromatic rings. The molecule has 0 unspecified atom stereocenters. The summed E-state index contributed by atoms with van der Waals surface area (Å²) in [7, 11) is 0. The monoisotopic (exact) mass is 359 g/mol. The predicted octanol–water partition coefficient (Wildman–Crippen LogP) is 2.53. The number of hydrogen-bond acceptors (Lipinski definition) is 4. The molecule has 6 nitrogen and oxygen atoms in total. The number of hydrogen-bond donors (Lipinski definition) is 2. The van der Waals surface area contributed by atoms with Gasteiger partial charge >= 0.3 is 6.03 Å². The van der Waals surface area contributed by atoms with E-state index in [-0.39, 0.29) is 18.2 Å². The highest BCUT2D eigenvalue weighted by Crippen LogP contribution is 2.31. The van der Waals surface area contributed by atoms with Crippen molar-refractivity contribution >= 4 is 6.03 Å². The molecule has 2 heterocycles. The zero-order valence-electron chi connectivity index (χ0n) is 15.3. The smallest absolute Gasteiger partial charge is 0.315 e. The molecule has 0 bridgehead atoms. The molecule has 2 amide bonds. The molecule has 1 saturated heterocycles. The molecule has 3 aliphatic rings.